The van der Waals surface area contributed by atoms with Crippen LogP contribution in [0.1, 0.15) is 48.0 Å². The Labute approximate surface area is 119 Å². The van der Waals surface area contributed by atoms with E-state index in [2.05, 4.69) is 32.6 Å². The van der Waals surface area contributed by atoms with Crippen molar-refractivity contribution in [1.82, 2.24) is 9.21 Å². The van der Waals surface area contributed by atoms with Gasteiger partial charge in [0.2, 0.25) is 10.0 Å². The third-order valence-electron chi connectivity index (χ3n) is 3.85. The van der Waals surface area contributed by atoms with Gasteiger partial charge in [-0.05, 0) is 32.6 Å². The van der Waals surface area contributed by atoms with Crippen LogP contribution >= 0.6 is 0 Å². The quantitative estimate of drug-likeness (QED) is 0.797. The molecule has 2 atom stereocenters. The van der Waals surface area contributed by atoms with Gasteiger partial charge in [0.25, 0.3) is 0 Å². The predicted octanol–water partition coefficient (Wildman–Crippen LogP) is 2.17. The first-order valence-corrected chi connectivity index (χ1v) is 8.91. The molecule has 0 aliphatic carbocycles. The zero-order chi connectivity index (χ0) is 14.8. The van der Waals surface area contributed by atoms with Crippen molar-refractivity contribution in [2.75, 3.05) is 25.4 Å². The maximum absolute atomic E-state index is 12.0. The van der Waals surface area contributed by atoms with E-state index in [1.165, 1.54) is 0 Å². The molecule has 1 saturated heterocycles. The summed E-state index contributed by atoms with van der Waals surface area (Å²) in [5, 5.41) is 0. The molecule has 5 heteroatoms. The Morgan fingerprint density at radius 3 is 2.26 bits per heavy atom. The minimum Gasteiger partial charge on any atom is -0.298 e. The summed E-state index contributed by atoms with van der Waals surface area (Å²) in [7, 11) is -3.05. The molecule has 0 aromatic rings. The van der Waals surface area contributed by atoms with E-state index in [1.54, 1.807) is 11.2 Å². The van der Waals surface area contributed by atoms with Crippen LogP contribution in [0.2, 0.25) is 0 Å². The fourth-order valence-electron chi connectivity index (χ4n) is 2.96. The Morgan fingerprint density at radius 2 is 1.84 bits per heavy atom. The fourth-order valence-corrected chi connectivity index (χ4v) is 4.27. The number of piperazine rings is 1. The van der Waals surface area contributed by atoms with Crippen molar-refractivity contribution in [3.63, 3.8) is 0 Å². The average Bonchev–Trinajstić information content (AvgIpc) is 2.26. The number of hydrogen-bond donors (Lipinski definition) is 0. The van der Waals surface area contributed by atoms with E-state index < -0.39 is 10.0 Å². The smallest absolute Gasteiger partial charge is 0.214 e. The summed E-state index contributed by atoms with van der Waals surface area (Å²) < 4.78 is 25.6. The highest BCUT2D eigenvalue weighted by atomic mass is 32.2. The van der Waals surface area contributed by atoms with Gasteiger partial charge in [0.15, 0.2) is 0 Å². The highest BCUT2D eigenvalue weighted by Crippen LogP contribution is 2.25. The summed E-state index contributed by atoms with van der Waals surface area (Å²) in [6, 6.07) is 0.593. The summed E-state index contributed by atoms with van der Waals surface area (Å²) in [4.78, 5) is 2.43. The molecule has 1 aliphatic heterocycles. The lowest BCUT2D eigenvalue weighted by atomic mass is 9.88. The van der Waals surface area contributed by atoms with Gasteiger partial charge in [0.05, 0.1) is 5.75 Å². The summed E-state index contributed by atoms with van der Waals surface area (Å²) in [5.41, 5.74) is 0.315. The molecule has 0 aromatic heterocycles. The molecule has 1 heterocycles. The second-order valence-corrected chi connectivity index (χ2v) is 9.18. The molecular formula is C14H30N2O2S. The molecule has 0 aromatic carbocycles. The van der Waals surface area contributed by atoms with E-state index in [1.807, 2.05) is 6.92 Å². The molecule has 114 valence electrons. The summed E-state index contributed by atoms with van der Waals surface area (Å²) in [6.07, 6.45) is 1.14. The normalized spacial score (nSPS) is 25.5. The second-order valence-electron chi connectivity index (χ2n) is 6.97. The number of sulfonamides is 1. The minimum atomic E-state index is -3.05. The van der Waals surface area contributed by atoms with Crippen molar-refractivity contribution in [2.45, 2.75) is 60.0 Å². The van der Waals surface area contributed by atoms with Crippen molar-refractivity contribution >= 4 is 10.0 Å². The summed E-state index contributed by atoms with van der Waals surface area (Å²) in [5.74, 6) is 0.203. The molecule has 1 fully saturated rings. The Balaban J connectivity index is 2.64. The Bertz CT molecular complexity index is 387. The zero-order valence-electron chi connectivity index (χ0n) is 13.3. The SMILES string of the molecule is CCS(=O)(=O)N1CCN(C(C)CC(C)(C)C)CC1C. The van der Waals surface area contributed by atoms with Gasteiger partial charge in [-0.1, -0.05) is 20.8 Å². The Morgan fingerprint density at radius 1 is 1.26 bits per heavy atom. The van der Waals surface area contributed by atoms with E-state index in [0.29, 0.717) is 18.0 Å². The maximum Gasteiger partial charge on any atom is 0.214 e. The number of hydrogen-bond acceptors (Lipinski definition) is 3. The highest BCUT2D eigenvalue weighted by Gasteiger charge is 2.33. The van der Waals surface area contributed by atoms with E-state index in [4.69, 9.17) is 0 Å². The lowest BCUT2D eigenvalue weighted by Crippen LogP contribution is -2.56. The van der Waals surface area contributed by atoms with Crippen LogP contribution in [0.5, 0.6) is 0 Å². The molecule has 1 aliphatic rings. The monoisotopic (exact) mass is 290 g/mol. The van der Waals surface area contributed by atoms with E-state index in [9.17, 15) is 8.42 Å². The topological polar surface area (TPSA) is 40.6 Å². The number of nitrogens with zero attached hydrogens (tertiary/aromatic N) is 2. The number of rotatable bonds is 4. The standard InChI is InChI=1S/C14H30N2O2S/c1-7-19(17,18)16-9-8-15(11-13(16)3)12(2)10-14(4,5)6/h12-13H,7-11H2,1-6H3. The first-order valence-electron chi connectivity index (χ1n) is 7.30. The van der Waals surface area contributed by atoms with Crippen molar-refractivity contribution < 1.29 is 8.42 Å². The highest BCUT2D eigenvalue weighted by molar-refractivity contribution is 7.89. The van der Waals surface area contributed by atoms with Gasteiger partial charge in [-0.25, -0.2) is 8.42 Å². The van der Waals surface area contributed by atoms with Crippen molar-refractivity contribution in [3.05, 3.63) is 0 Å². The van der Waals surface area contributed by atoms with Gasteiger partial charge in [0, 0.05) is 31.7 Å². The molecule has 0 amide bonds. The molecule has 0 saturated carbocycles. The first kappa shape index (κ1) is 16.9. The van der Waals surface area contributed by atoms with Gasteiger partial charge >= 0.3 is 0 Å². The van der Waals surface area contributed by atoms with Crippen molar-refractivity contribution in [1.29, 1.82) is 0 Å². The lowest BCUT2D eigenvalue weighted by Gasteiger charge is -2.42. The van der Waals surface area contributed by atoms with Crippen LogP contribution in [0.3, 0.4) is 0 Å². The molecule has 1 rings (SSSR count). The van der Waals surface area contributed by atoms with Crippen molar-refractivity contribution in [3.8, 4) is 0 Å². The maximum atomic E-state index is 12.0. The van der Waals surface area contributed by atoms with E-state index >= 15 is 0 Å². The molecule has 0 bridgehead atoms. The third kappa shape index (κ3) is 4.72. The Hall–Kier alpha value is -0.130. The molecule has 0 N–H and O–H groups in total. The van der Waals surface area contributed by atoms with Crippen LogP contribution < -0.4 is 0 Å². The van der Waals surface area contributed by atoms with Gasteiger partial charge in [-0.3, -0.25) is 4.90 Å². The molecule has 2 unspecified atom stereocenters. The van der Waals surface area contributed by atoms with Crippen LogP contribution in [0.4, 0.5) is 0 Å². The predicted molar refractivity (Wildman–Crippen MR) is 80.7 cm³/mol. The molecular weight excluding hydrogens is 260 g/mol. The average molecular weight is 290 g/mol. The summed E-state index contributed by atoms with van der Waals surface area (Å²) in [6.45, 7) is 15.1. The van der Waals surface area contributed by atoms with Crippen LogP contribution in [-0.2, 0) is 10.0 Å². The van der Waals surface area contributed by atoms with Gasteiger partial charge in [-0.2, -0.15) is 4.31 Å². The van der Waals surface area contributed by atoms with Crippen LogP contribution in [-0.4, -0.2) is 55.1 Å². The first-order chi connectivity index (χ1) is 8.57. The largest absolute Gasteiger partial charge is 0.298 e. The minimum absolute atomic E-state index is 0.0844. The molecule has 4 nitrogen and oxygen atoms in total. The van der Waals surface area contributed by atoms with Crippen LogP contribution in [0.15, 0.2) is 0 Å². The summed E-state index contributed by atoms with van der Waals surface area (Å²) >= 11 is 0. The van der Waals surface area contributed by atoms with Crippen LogP contribution in [0, 0.1) is 5.41 Å². The second kappa shape index (κ2) is 6.10. The zero-order valence-corrected chi connectivity index (χ0v) is 14.1. The third-order valence-corrected chi connectivity index (χ3v) is 5.84. The van der Waals surface area contributed by atoms with E-state index in [0.717, 1.165) is 19.5 Å². The molecule has 0 radical (unpaired) electrons. The molecule has 19 heavy (non-hydrogen) atoms. The van der Waals surface area contributed by atoms with Gasteiger partial charge in [-0.15, -0.1) is 0 Å². The van der Waals surface area contributed by atoms with Crippen molar-refractivity contribution in [2.24, 2.45) is 5.41 Å². The van der Waals surface area contributed by atoms with Gasteiger partial charge in [0.1, 0.15) is 0 Å². The van der Waals surface area contributed by atoms with E-state index in [-0.39, 0.29) is 11.8 Å². The molecule has 0 spiro atoms. The van der Waals surface area contributed by atoms with Gasteiger partial charge < -0.3 is 0 Å². The van der Waals surface area contributed by atoms with Crippen LogP contribution in [0.25, 0.3) is 0 Å². The fraction of sp³-hybridized carbons (Fsp3) is 1.00. The Kier molecular flexibility index (Phi) is 5.43. The lowest BCUT2D eigenvalue weighted by molar-refractivity contribution is 0.0883.